The summed E-state index contributed by atoms with van der Waals surface area (Å²) < 4.78 is 0. The van der Waals surface area contributed by atoms with Crippen LogP contribution in [0.2, 0.25) is 0 Å². The van der Waals surface area contributed by atoms with Gasteiger partial charge in [-0.25, -0.2) is 0 Å². The average Bonchev–Trinajstić information content (AvgIpc) is 2.27. The lowest BCUT2D eigenvalue weighted by atomic mass is 9.98. The van der Waals surface area contributed by atoms with Gasteiger partial charge in [-0.05, 0) is 26.2 Å². The van der Waals surface area contributed by atoms with Crippen molar-refractivity contribution in [2.24, 2.45) is 5.92 Å². The molecule has 5 heteroatoms. The van der Waals surface area contributed by atoms with Crippen LogP contribution >= 0.6 is 0 Å². The van der Waals surface area contributed by atoms with Crippen LogP contribution in [0.1, 0.15) is 32.6 Å². The molecule has 3 N–H and O–H groups in total. The van der Waals surface area contributed by atoms with Crippen molar-refractivity contribution < 1.29 is 14.7 Å². The minimum absolute atomic E-state index is 0.00504. The molecule has 2 unspecified atom stereocenters. The third-order valence-electron chi connectivity index (χ3n) is 2.82. The van der Waals surface area contributed by atoms with E-state index in [-0.39, 0.29) is 30.4 Å². The molecule has 2 amide bonds. The Labute approximate surface area is 95.6 Å². The van der Waals surface area contributed by atoms with Crippen LogP contribution in [-0.4, -0.2) is 36.1 Å². The summed E-state index contributed by atoms with van der Waals surface area (Å²) in [6, 6.07) is 0.0808. The van der Waals surface area contributed by atoms with Gasteiger partial charge in [-0.3, -0.25) is 9.59 Å². The molecular formula is C11H20N2O3. The van der Waals surface area contributed by atoms with E-state index < -0.39 is 0 Å². The molecule has 0 saturated carbocycles. The van der Waals surface area contributed by atoms with Crippen molar-refractivity contribution in [1.82, 2.24) is 10.6 Å². The number of piperidine rings is 1. The molecule has 1 saturated heterocycles. The number of carbonyl (C=O) groups is 2. The van der Waals surface area contributed by atoms with Crippen LogP contribution in [0, 0.1) is 5.92 Å². The molecule has 1 aliphatic heterocycles. The van der Waals surface area contributed by atoms with Crippen LogP contribution in [-0.2, 0) is 9.59 Å². The zero-order valence-electron chi connectivity index (χ0n) is 9.66. The standard InChI is InChI=1S/C11H20N2O3/c1-8(3-2-6-14)13-11(16)9-4-5-10(15)12-7-9/h8-9,14H,2-7H2,1H3,(H,12,15)(H,13,16). The average molecular weight is 228 g/mol. The molecule has 1 heterocycles. The second kappa shape index (κ2) is 6.48. The van der Waals surface area contributed by atoms with Crippen LogP contribution in [0.25, 0.3) is 0 Å². The SMILES string of the molecule is CC(CCCO)NC(=O)C1CCC(=O)NC1. The Morgan fingerprint density at radius 1 is 1.69 bits per heavy atom. The first kappa shape index (κ1) is 13.0. The zero-order chi connectivity index (χ0) is 12.0. The summed E-state index contributed by atoms with van der Waals surface area (Å²) in [5, 5.41) is 14.3. The van der Waals surface area contributed by atoms with Crippen molar-refractivity contribution in [2.45, 2.75) is 38.6 Å². The molecular weight excluding hydrogens is 208 g/mol. The first-order valence-electron chi connectivity index (χ1n) is 5.81. The highest BCUT2D eigenvalue weighted by atomic mass is 16.3. The normalized spacial score (nSPS) is 22.4. The van der Waals surface area contributed by atoms with Crippen molar-refractivity contribution in [2.75, 3.05) is 13.2 Å². The number of carbonyl (C=O) groups excluding carboxylic acids is 2. The fourth-order valence-corrected chi connectivity index (χ4v) is 1.79. The quantitative estimate of drug-likeness (QED) is 0.609. The van der Waals surface area contributed by atoms with Crippen LogP contribution < -0.4 is 10.6 Å². The third kappa shape index (κ3) is 4.18. The molecule has 92 valence electrons. The second-order valence-corrected chi connectivity index (χ2v) is 4.32. The van der Waals surface area contributed by atoms with Gasteiger partial charge in [0.05, 0.1) is 5.92 Å². The molecule has 1 fully saturated rings. The Hall–Kier alpha value is -1.10. The van der Waals surface area contributed by atoms with Gasteiger partial charge in [0.25, 0.3) is 0 Å². The molecule has 0 radical (unpaired) electrons. The Bertz CT molecular complexity index is 246. The predicted octanol–water partition coefficient (Wildman–Crippen LogP) is -0.210. The predicted molar refractivity (Wildman–Crippen MR) is 59.7 cm³/mol. The maximum Gasteiger partial charge on any atom is 0.225 e. The minimum Gasteiger partial charge on any atom is -0.396 e. The monoisotopic (exact) mass is 228 g/mol. The number of aliphatic hydroxyl groups excluding tert-OH is 1. The van der Waals surface area contributed by atoms with Gasteiger partial charge in [0, 0.05) is 25.6 Å². The fourth-order valence-electron chi connectivity index (χ4n) is 1.79. The van der Waals surface area contributed by atoms with Crippen LogP contribution in [0.5, 0.6) is 0 Å². The van der Waals surface area contributed by atoms with Crippen LogP contribution in [0.15, 0.2) is 0 Å². The molecule has 1 aliphatic rings. The van der Waals surface area contributed by atoms with E-state index in [2.05, 4.69) is 10.6 Å². The van der Waals surface area contributed by atoms with Crippen molar-refractivity contribution in [1.29, 1.82) is 0 Å². The topological polar surface area (TPSA) is 78.4 Å². The Balaban J connectivity index is 2.26. The smallest absolute Gasteiger partial charge is 0.225 e. The minimum atomic E-state index is -0.103. The number of hydrogen-bond acceptors (Lipinski definition) is 3. The summed E-state index contributed by atoms with van der Waals surface area (Å²) >= 11 is 0. The van der Waals surface area contributed by atoms with Crippen molar-refractivity contribution in [3.63, 3.8) is 0 Å². The zero-order valence-corrected chi connectivity index (χ0v) is 9.66. The van der Waals surface area contributed by atoms with Crippen molar-refractivity contribution in [3.8, 4) is 0 Å². The number of nitrogens with one attached hydrogen (secondary N) is 2. The molecule has 0 aliphatic carbocycles. The second-order valence-electron chi connectivity index (χ2n) is 4.32. The van der Waals surface area contributed by atoms with Crippen LogP contribution in [0.3, 0.4) is 0 Å². The lowest BCUT2D eigenvalue weighted by Crippen LogP contribution is -2.45. The third-order valence-corrected chi connectivity index (χ3v) is 2.82. The molecule has 2 atom stereocenters. The molecule has 5 nitrogen and oxygen atoms in total. The molecule has 0 spiro atoms. The van der Waals surface area contributed by atoms with E-state index in [0.717, 1.165) is 6.42 Å². The number of rotatable bonds is 5. The summed E-state index contributed by atoms with van der Waals surface area (Å²) in [5.74, 6) is -0.0721. The largest absolute Gasteiger partial charge is 0.396 e. The van der Waals surface area contributed by atoms with Gasteiger partial charge in [-0.15, -0.1) is 0 Å². The summed E-state index contributed by atoms with van der Waals surface area (Å²) in [5.41, 5.74) is 0. The van der Waals surface area contributed by atoms with Gasteiger partial charge >= 0.3 is 0 Å². The van der Waals surface area contributed by atoms with E-state index in [4.69, 9.17) is 5.11 Å². The maximum absolute atomic E-state index is 11.8. The lowest BCUT2D eigenvalue weighted by Gasteiger charge is -2.23. The summed E-state index contributed by atoms with van der Waals surface area (Å²) in [6.07, 6.45) is 2.54. The summed E-state index contributed by atoms with van der Waals surface area (Å²) in [6.45, 7) is 2.52. The van der Waals surface area contributed by atoms with Crippen LogP contribution in [0.4, 0.5) is 0 Å². The van der Waals surface area contributed by atoms with E-state index in [1.165, 1.54) is 0 Å². The van der Waals surface area contributed by atoms with Gasteiger partial charge in [-0.1, -0.05) is 0 Å². The van der Waals surface area contributed by atoms with Gasteiger partial charge in [0.1, 0.15) is 0 Å². The summed E-state index contributed by atoms with van der Waals surface area (Å²) in [4.78, 5) is 22.7. The van der Waals surface area contributed by atoms with E-state index in [9.17, 15) is 9.59 Å². The van der Waals surface area contributed by atoms with Gasteiger partial charge < -0.3 is 15.7 Å². The molecule has 0 aromatic carbocycles. The Kier molecular flexibility index (Phi) is 5.25. The van der Waals surface area contributed by atoms with Gasteiger partial charge in [0.15, 0.2) is 0 Å². The molecule has 0 aromatic heterocycles. The van der Waals surface area contributed by atoms with Gasteiger partial charge in [-0.2, -0.15) is 0 Å². The Morgan fingerprint density at radius 2 is 2.44 bits per heavy atom. The molecule has 0 bridgehead atoms. The highest BCUT2D eigenvalue weighted by Gasteiger charge is 2.24. The van der Waals surface area contributed by atoms with Crippen molar-refractivity contribution in [3.05, 3.63) is 0 Å². The Morgan fingerprint density at radius 3 is 3.00 bits per heavy atom. The molecule has 1 rings (SSSR count). The number of amides is 2. The first-order valence-corrected chi connectivity index (χ1v) is 5.81. The molecule has 16 heavy (non-hydrogen) atoms. The number of hydrogen-bond donors (Lipinski definition) is 3. The van der Waals surface area contributed by atoms with Crippen molar-refractivity contribution >= 4 is 11.8 Å². The molecule has 0 aromatic rings. The van der Waals surface area contributed by atoms with E-state index in [1.54, 1.807) is 0 Å². The van der Waals surface area contributed by atoms with E-state index in [0.29, 0.717) is 25.8 Å². The summed E-state index contributed by atoms with van der Waals surface area (Å²) in [7, 11) is 0. The highest BCUT2D eigenvalue weighted by molar-refractivity contribution is 5.83. The maximum atomic E-state index is 11.8. The fraction of sp³-hybridized carbons (Fsp3) is 0.818. The van der Waals surface area contributed by atoms with E-state index in [1.807, 2.05) is 6.92 Å². The number of aliphatic hydroxyl groups is 1. The highest BCUT2D eigenvalue weighted by Crippen LogP contribution is 2.11. The van der Waals surface area contributed by atoms with Gasteiger partial charge in [0.2, 0.25) is 11.8 Å². The van der Waals surface area contributed by atoms with E-state index >= 15 is 0 Å². The lowest BCUT2D eigenvalue weighted by molar-refractivity contribution is -0.129. The first-order chi connectivity index (χ1) is 7.63.